The molecule has 5 heteroatoms. The van der Waals surface area contributed by atoms with Crippen LogP contribution in [0.2, 0.25) is 0 Å². The van der Waals surface area contributed by atoms with E-state index in [1.165, 1.54) is 0 Å². The molecule has 1 saturated carbocycles. The molecule has 5 nitrogen and oxygen atoms in total. The van der Waals surface area contributed by atoms with E-state index < -0.39 is 0 Å². The molecule has 24 heavy (non-hydrogen) atoms. The third-order valence-electron chi connectivity index (χ3n) is 4.81. The number of nitrogens with two attached hydrogens (primary N) is 1. The van der Waals surface area contributed by atoms with Gasteiger partial charge in [0.2, 0.25) is 0 Å². The minimum absolute atomic E-state index is 0.423. The quantitative estimate of drug-likeness (QED) is 0.800. The number of aryl methyl sites for hydroxylation is 2. The third-order valence-corrected chi connectivity index (χ3v) is 4.81. The van der Waals surface area contributed by atoms with Gasteiger partial charge in [-0.3, -0.25) is 0 Å². The average molecular weight is 329 g/mol. The molecule has 0 amide bonds. The number of nitrogens with one attached hydrogen (secondary N) is 1. The van der Waals surface area contributed by atoms with Crippen molar-refractivity contribution < 1.29 is 9.26 Å². The van der Waals surface area contributed by atoms with E-state index in [-0.39, 0.29) is 0 Å². The van der Waals surface area contributed by atoms with Crippen molar-refractivity contribution in [2.75, 3.05) is 17.7 Å². The van der Waals surface area contributed by atoms with Crippen LogP contribution in [0.15, 0.2) is 22.7 Å². The smallest absolute Gasteiger partial charge is 0.141 e. The molecule has 0 saturated heterocycles. The SMILES string of the molecule is CCO[C@H]1CC[C@H](Nc2ccc(-c3c(C)noc3C)cc2N)CC1. The Morgan fingerprint density at radius 3 is 2.58 bits per heavy atom. The van der Waals surface area contributed by atoms with Gasteiger partial charge in [-0.25, -0.2) is 0 Å². The fourth-order valence-electron chi connectivity index (χ4n) is 3.57. The lowest BCUT2D eigenvalue weighted by Gasteiger charge is -2.30. The van der Waals surface area contributed by atoms with Crippen molar-refractivity contribution in [2.24, 2.45) is 0 Å². The Balaban J connectivity index is 1.68. The average Bonchev–Trinajstić information content (AvgIpc) is 2.90. The molecule has 2 aromatic rings. The minimum Gasteiger partial charge on any atom is -0.397 e. The van der Waals surface area contributed by atoms with Crippen LogP contribution in [0.25, 0.3) is 11.1 Å². The summed E-state index contributed by atoms with van der Waals surface area (Å²) in [7, 11) is 0. The van der Waals surface area contributed by atoms with E-state index >= 15 is 0 Å². The van der Waals surface area contributed by atoms with Gasteiger partial charge in [-0.05, 0) is 64.2 Å². The van der Waals surface area contributed by atoms with Gasteiger partial charge in [0.15, 0.2) is 0 Å². The molecule has 0 radical (unpaired) electrons. The van der Waals surface area contributed by atoms with Crippen LogP contribution in [0, 0.1) is 13.8 Å². The molecular formula is C19H27N3O2. The van der Waals surface area contributed by atoms with Crippen molar-refractivity contribution in [1.82, 2.24) is 5.16 Å². The highest BCUT2D eigenvalue weighted by Crippen LogP contribution is 2.32. The van der Waals surface area contributed by atoms with Crippen LogP contribution in [0.3, 0.4) is 0 Å². The summed E-state index contributed by atoms with van der Waals surface area (Å²) in [5.74, 6) is 0.821. The highest BCUT2D eigenvalue weighted by atomic mass is 16.5. The monoisotopic (exact) mass is 329 g/mol. The third kappa shape index (κ3) is 3.56. The Morgan fingerprint density at radius 1 is 1.25 bits per heavy atom. The summed E-state index contributed by atoms with van der Waals surface area (Å²) in [6, 6.07) is 6.61. The van der Waals surface area contributed by atoms with Crippen LogP contribution in [0.5, 0.6) is 0 Å². The number of nitrogens with zero attached hydrogens (tertiary/aromatic N) is 1. The van der Waals surface area contributed by atoms with Crippen molar-refractivity contribution >= 4 is 11.4 Å². The molecule has 0 unspecified atom stereocenters. The first-order valence-corrected chi connectivity index (χ1v) is 8.79. The number of hydrogen-bond acceptors (Lipinski definition) is 5. The summed E-state index contributed by atoms with van der Waals surface area (Å²) in [6.07, 6.45) is 4.89. The standard InChI is InChI=1S/C19H27N3O2/c1-4-23-16-8-6-15(7-9-16)21-18-10-5-14(11-17(18)20)19-12(2)22-24-13(19)3/h5,10-11,15-16,21H,4,6-9,20H2,1-3H3/t15-,16-. The van der Waals surface area contributed by atoms with Gasteiger partial charge in [0.25, 0.3) is 0 Å². The maximum Gasteiger partial charge on any atom is 0.141 e. The summed E-state index contributed by atoms with van der Waals surface area (Å²) in [5.41, 5.74) is 11.0. The van der Waals surface area contributed by atoms with Gasteiger partial charge in [-0.15, -0.1) is 0 Å². The van der Waals surface area contributed by atoms with Gasteiger partial charge in [0.1, 0.15) is 5.76 Å². The van der Waals surface area contributed by atoms with E-state index in [0.29, 0.717) is 12.1 Å². The normalized spacial score (nSPS) is 21.0. The maximum atomic E-state index is 6.28. The molecule has 1 aliphatic carbocycles. The molecule has 3 rings (SSSR count). The largest absolute Gasteiger partial charge is 0.397 e. The predicted molar refractivity (Wildman–Crippen MR) is 97.1 cm³/mol. The lowest BCUT2D eigenvalue weighted by Crippen LogP contribution is -2.30. The zero-order valence-electron chi connectivity index (χ0n) is 14.8. The molecule has 1 fully saturated rings. The number of hydrogen-bond donors (Lipinski definition) is 2. The first kappa shape index (κ1) is 16.8. The lowest BCUT2D eigenvalue weighted by molar-refractivity contribution is 0.0347. The zero-order valence-corrected chi connectivity index (χ0v) is 14.8. The highest BCUT2D eigenvalue weighted by Gasteiger charge is 2.22. The molecule has 0 bridgehead atoms. The van der Waals surface area contributed by atoms with E-state index in [9.17, 15) is 0 Å². The van der Waals surface area contributed by atoms with Gasteiger partial charge < -0.3 is 20.3 Å². The second-order valence-corrected chi connectivity index (χ2v) is 6.57. The minimum atomic E-state index is 0.423. The first-order valence-electron chi connectivity index (χ1n) is 8.79. The number of aromatic nitrogens is 1. The topological polar surface area (TPSA) is 73.3 Å². The molecule has 3 N–H and O–H groups in total. The number of rotatable bonds is 5. The van der Waals surface area contributed by atoms with Gasteiger partial charge in [0.05, 0.1) is 23.2 Å². The number of ether oxygens (including phenoxy) is 1. The molecular weight excluding hydrogens is 302 g/mol. The Morgan fingerprint density at radius 2 is 2.00 bits per heavy atom. The van der Waals surface area contributed by atoms with Crippen LogP contribution in [0.1, 0.15) is 44.1 Å². The highest BCUT2D eigenvalue weighted by molar-refractivity contribution is 5.77. The molecule has 0 spiro atoms. The Bertz CT molecular complexity index is 668. The number of benzene rings is 1. The van der Waals surface area contributed by atoms with Crippen LogP contribution in [-0.4, -0.2) is 23.9 Å². The predicted octanol–water partition coefficient (Wildman–Crippen LogP) is 4.30. The van der Waals surface area contributed by atoms with Crippen molar-refractivity contribution in [3.05, 3.63) is 29.7 Å². The second kappa shape index (κ2) is 7.26. The van der Waals surface area contributed by atoms with E-state index in [1.807, 2.05) is 19.9 Å². The molecule has 1 aromatic heterocycles. The van der Waals surface area contributed by atoms with Gasteiger partial charge >= 0.3 is 0 Å². The summed E-state index contributed by atoms with van der Waals surface area (Å²) >= 11 is 0. The summed E-state index contributed by atoms with van der Waals surface area (Å²) < 4.78 is 11.0. The van der Waals surface area contributed by atoms with Crippen molar-refractivity contribution in [3.63, 3.8) is 0 Å². The molecule has 1 aliphatic rings. The fraction of sp³-hybridized carbons (Fsp3) is 0.526. The number of anilines is 2. The number of nitrogen functional groups attached to an aromatic ring is 1. The summed E-state index contributed by atoms with van der Waals surface area (Å²) in [4.78, 5) is 0. The summed E-state index contributed by atoms with van der Waals surface area (Å²) in [6.45, 7) is 6.74. The van der Waals surface area contributed by atoms with Gasteiger partial charge in [-0.1, -0.05) is 11.2 Å². The van der Waals surface area contributed by atoms with E-state index in [0.717, 1.165) is 66.2 Å². The molecule has 130 valence electrons. The van der Waals surface area contributed by atoms with Crippen LogP contribution < -0.4 is 11.1 Å². The maximum absolute atomic E-state index is 6.28. The molecule has 0 aliphatic heterocycles. The second-order valence-electron chi connectivity index (χ2n) is 6.57. The molecule has 1 aromatic carbocycles. The van der Waals surface area contributed by atoms with E-state index in [1.54, 1.807) is 0 Å². The van der Waals surface area contributed by atoms with E-state index in [4.69, 9.17) is 15.0 Å². The Labute approximate surface area is 143 Å². The van der Waals surface area contributed by atoms with Gasteiger partial charge in [-0.2, -0.15) is 0 Å². The van der Waals surface area contributed by atoms with Gasteiger partial charge in [0, 0.05) is 18.2 Å². The van der Waals surface area contributed by atoms with Crippen LogP contribution >= 0.6 is 0 Å². The van der Waals surface area contributed by atoms with Crippen molar-refractivity contribution in [2.45, 2.75) is 58.6 Å². The van der Waals surface area contributed by atoms with Crippen molar-refractivity contribution in [1.29, 1.82) is 0 Å². The lowest BCUT2D eigenvalue weighted by atomic mass is 9.92. The Kier molecular flexibility index (Phi) is 5.09. The Hall–Kier alpha value is -2.01. The molecule has 1 heterocycles. The first-order chi connectivity index (χ1) is 11.6. The summed E-state index contributed by atoms with van der Waals surface area (Å²) in [5, 5.41) is 7.61. The van der Waals surface area contributed by atoms with Crippen LogP contribution in [-0.2, 0) is 4.74 Å². The molecule has 0 atom stereocenters. The van der Waals surface area contributed by atoms with Crippen LogP contribution in [0.4, 0.5) is 11.4 Å². The van der Waals surface area contributed by atoms with E-state index in [2.05, 4.69) is 29.5 Å². The van der Waals surface area contributed by atoms with Crippen molar-refractivity contribution in [3.8, 4) is 11.1 Å². The fourth-order valence-corrected chi connectivity index (χ4v) is 3.57. The zero-order chi connectivity index (χ0) is 17.1.